The Hall–Kier alpha value is -1.81. The number of rotatable bonds is 6. The van der Waals surface area contributed by atoms with Gasteiger partial charge in [0.2, 0.25) is 0 Å². The van der Waals surface area contributed by atoms with Gasteiger partial charge in [0.25, 0.3) is 0 Å². The molecule has 1 unspecified atom stereocenters. The molecule has 1 aromatic carbocycles. The van der Waals surface area contributed by atoms with Gasteiger partial charge in [0.15, 0.2) is 5.75 Å². The Bertz CT molecular complexity index is 563. The van der Waals surface area contributed by atoms with Gasteiger partial charge in [0, 0.05) is 12.6 Å². The van der Waals surface area contributed by atoms with Crippen LogP contribution >= 0.6 is 0 Å². The van der Waals surface area contributed by atoms with Crippen LogP contribution in [0, 0.1) is 6.92 Å². The van der Waals surface area contributed by atoms with Crippen molar-refractivity contribution in [1.29, 1.82) is 0 Å². The van der Waals surface area contributed by atoms with E-state index in [0.29, 0.717) is 0 Å². The molecule has 2 N–H and O–H groups in total. The van der Waals surface area contributed by atoms with E-state index in [1.165, 1.54) is 5.56 Å². The molecular formula is C16H23N3O. The fourth-order valence-electron chi connectivity index (χ4n) is 2.09. The highest BCUT2D eigenvalue weighted by Crippen LogP contribution is 2.27. The van der Waals surface area contributed by atoms with Crippen molar-refractivity contribution < 1.29 is 4.74 Å². The summed E-state index contributed by atoms with van der Waals surface area (Å²) in [6.45, 7) is 7.07. The molecule has 0 bridgehead atoms. The highest BCUT2D eigenvalue weighted by molar-refractivity contribution is 5.40. The third kappa shape index (κ3) is 3.61. The Balaban J connectivity index is 2.21. The van der Waals surface area contributed by atoms with Gasteiger partial charge in [-0.3, -0.25) is 4.68 Å². The number of nitrogens with zero attached hydrogens (tertiary/aromatic N) is 2. The lowest BCUT2D eigenvalue weighted by Gasteiger charge is -2.14. The molecule has 108 valence electrons. The van der Waals surface area contributed by atoms with Gasteiger partial charge < -0.3 is 10.5 Å². The van der Waals surface area contributed by atoms with Crippen molar-refractivity contribution in [3.63, 3.8) is 0 Å². The van der Waals surface area contributed by atoms with Crippen LogP contribution in [0.3, 0.4) is 0 Å². The van der Waals surface area contributed by atoms with Gasteiger partial charge in [0.05, 0.1) is 12.4 Å². The average Bonchev–Trinajstić information content (AvgIpc) is 2.89. The second kappa shape index (κ2) is 6.57. The minimum Gasteiger partial charge on any atom is -0.454 e. The van der Waals surface area contributed by atoms with E-state index in [0.717, 1.165) is 36.4 Å². The van der Waals surface area contributed by atoms with Crippen LogP contribution in [0.5, 0.6) is 11.5 Å². The predicted octanol–water partition coefficient (Wildman–Crippen LogP) is 3.28. The Morgan fingerprint density at radius 2 is 2.15 bits per heavy atom. The smallest absolute Gasteiger partial charge is 0.165 e. The Morgan fingerprint density at radius 1 is 1.35 bits per heavy atom. The van der Waals surface area contributed by atoms with Crippen LogP contribution < -0.4 is 10.5 Å². The number of benzene rings is 1. The zero-order chi connectivity index (χ0) is 14.5. The summed E-state index contributed by atoms with van der Waals surface area (Å²) in [5, 5.41) is 4.22. The van der Waals surface area contributed by atoms with Crippen molar-refractivity contribution in [2.75, 3.05) is 0 Å². The lowest BCUT2D eigenvalue weighted by molar-refractivity contribution is 0.470. The maximum atomic E-state index is 6.07. The molecule has 0 aliphatic heterocycles. The van der Waals surface area contributed by atoms with Gasteiger partial charge >= 0.3 is 0 Å². The summed E-state index contributed by atoms with van der Waals surface area (Å²) in [5.41, 5.74) is 8.45. The topological polar surface area (TPSA) is 53.1 Å². The molecule has 1 aromatic heterocycles. The summed E-state index contributed by atoms with van der Waals surface area (Å²) in [6.07, 6.45) is 5.44. The average molecular weight is 273 g/mol. The second-order valence-corrected chi connectivity index (χ2v) is 5.12. The summed E-state index contributed by atoms with van der Waals surface area (Å²) < 4.78 is 7.80. The largest absolute Gasteiger partial charge is 0.454 e. The van der Waals surface area contributed by atoms with Crippen LogP contribution in [0.25, 0.3) is 0 Å². The molecule has 4 heteroatoms. The fraction of sp³-hybridized carbons (Fsp3) is 0.438. The van der Waals surface area contributed by atoms with Crippen molar-refractivity contribution in [3.05, 3.63) is 41.7 Å². The number of ether oxygens (including phenoxy) is 1. The highest BCUT2D eigenvalue weighted by atomic mass is 16.5. The van der Waals surface area contributed by atoms with Gasteiger partial charge in [-0.25, -0.2) is 0 Å². The molecule has 0 spiro atoms. The lowest BCUT2D eigenvalue weighted by Crippen LogP contribution is -2.21. The Morgan fingerprint density at radius 3 is 2.80 bits per heavy atom. The van der Waals surface area contributed by atoms with E-state index in [9.17, 15) is 0 Å². The Kier molecular flexibility index (Phi) is 4.79. The molecule has 20 heavy (non-hydrogen) atoms. The minimum atomic E-state index is 0.164. The lowest BCUT2D eigenvalue weighted by atomic mass is 10.0. The van der Waals surface area contributed by atoms with E-state index in [2.05, 4.69) is 31.1 Å². The first-order chi connectivity index (χ1) is 9.62. The molecule has 0 radical (unpaired) electrons. The fourth-order valence-corrected chi connectivity index (χ4v) is 2.09. The summed E-state index contributed by atoms with van der Waals surface area (Å²) >= 11 is 0. The third-order valence-electron chi connectivity index (χ3n) is 3.38. The second-order valence-electron chi connectivity index (χ2n) is 5.12. The number of hydrogen-bond donors (Lipinski definition) is 1. The molecule has 2 rings (SSSR count). The van der Waals surface area contributed by atoms with Gasteiger partial charge in [-0.15, -0.1) is 0 Å². The molecule has 1 heterocycles. The van der Waals surface area contributed by atoms with Gasteiger partial charge in [0.1, 0.15) is 5.75 Å². The third-order valence-corrected chi connectivity index (χ3v) is 3.38. The normalized spacial score (nSPS) is 12.4. The van der Waals surface area contributed by atoms with Crippen LogP contribution in [-0.4, -0.2) is 15.8 Å². The van der Waals surface area contributed by atoms with Crippen molar-refractivity contribution in [2.24, 2.45) is 5.73 Å². The van der Waals surface area contributed by atoms with E-state index in [1.54, 1.807) is 6.20 Å². The van der Waals surface area contributed by atoms with Crippen LogP contribution in [-0.2, 0) is 13.0 Å². The molecular weight excluding hydrogens is 250 g/mol. The molecule has 2 aromatic rings. The monoisotopic (exact) mass is 273 g/mol. The van der Waals surface area contributed by atoms with Crippen LogP contribution in [0.4, 0.5) is 0 Å². The zero-order valence-corrected chi connectivity index (χ0v) is 12.5. The quantitative estimate of drug-likeness (QED) is 0.878. The molecule has 0 saturated carbocycles. The van der Waals surface area contributed by atoms with E-state index >= 15 is 0 Å². The number of nitrogens with two attached hydrogens (primary N) is 1. The molecule has 0 fully saturated rings. The first-order valence-corrected chi connectivity index (χ1v) is 7.17. The SMILES string of the molecule is CCC(N)Cc1cc(C)ccc1Oc1cnn(CC)c1. The van der Waals surface area contributed by atoms with E-state index in [1.807, 2.05) is 23.9 Å². The molecule has 0 aliphatic rings. The first-order valence-electron chi connectivity index (χ1n) is 7.17. The van der Waals surface area contributed by atoms with Gasteiger partial charge in [-0.1, -0.05) is 24.6 Å². The maximum Gasteiger partial charge on any atom is 0.165 e. The summed E-state index contributed by atoms with van der Waals surface area (Å²) in [5.74, 6) is 1.64. The van der Waals surface area contributed by atoms with Crippen LogP contribution in [0.1, 0.15) is 31.4 Å². The van der Waals surface area contributed by atoms with Crippen molar-refractivity contribution in [1.82, 2.24) is 9.78 Å². The highest BCUT2D eigenvalue weighted by Gasteiger charge is 2.10. The van der Waals surface area contributed by atoms with E-state index in [-0.39, 0.29) is 6.04 Å². The summed E-state index contributed by atoms with van der Waals surface area (Å²) in [4.78, 5) is 0. The molecule has 0 saturated heterocycles. The van der Waals surface area contributed by atoms with Crippen LogP contribution in [0.15, 0.2) is 30.6 Å². The number of hydrogen-bond acceptors (Lipinski definition) is 3. The van der Waals surface area contributed by atoms with Crippen molar-refractivity contribution >= 4 is 0 Å². The number of aryl methyl sites for hydroxylation is 2. The Labute approximate surface area is 120 Å². The first kappa shape index (κ1) is 14.6. The van der Waals surface area contributed by atoms with Crippen molar-refractivity contribution in [2.45, 2.75) is 46.2 Å². The predicted molar refractivity (Wildman–Crippen MR) is 81.1 cm³/mol. The van der Waals surface area contributed by atoms with E-state index < -0.39 is 0 Å². The van der Waals surface area contributed by atoms with Crippen LogP contribution in [0.2, 0.25) is 0 Å². The molecule has 4 nitrogen and oxygen atoms in total. The summed E-state index contributed by atoms with van der Waals surface area (Å²) in [6, 6.07) is 6.38. The molecule has 1 atom stereocenters. The van der Waals surface area contributed by atoms with Gasteiger partial charge in [-0.2, -0.15) is 5.10 Å². The van der Waals surface area contributed by atoms with Gasteiger partial charge in [-0.05, 0) is 38.3 Å². The van der Waals surface area contributed by atoms with E-state index in [4.69, 9.17) is 10.5 Å². The summed E-state index contributed by atoms with van der Waals surface area (Å²) in [7, 11) is 0. The molecule has 0 aliphatic carbocycles. The van der Waals surface area contributed by atoms with Crippen molar-refractivity contribution in [3.8, 4) is 11.5 Å². The molecule has 0 amide bonds. The maximum absolute atomic E-state index is 6.07. The minimum absolute atomic E-state index is 0.164. The standard InChI is InChI=1S/C16H23N3O/c1-4-14(17)9-13-8-12(3)6-7-16(13)20-15-10-18-19(5-2)11-15/h6-8,10-11,14H,4-5,9,17H2,1-3H3. The number of aromatic nitrogens is 2. The zero-order valence-electron chi connectivity index (χ0n) is 12.5.